The molecule has 1 N–H and O–H groups in total. The molecule has 25 heavy (non-hydrogen) atoms. The van der Waals surface area contributed by atoms with Crippen LogP contribution in [-0.2, 0) is 11.3 Å². The average molecular weight is 343 g/mol. The fourth-order valence-corrected chi connectivity index (χ4v) is 2.99. The molecule has 1 heterocycles. The molecule has 1 aromatic carbocycles. The van der Waals surface area contributed by atoms with Gasteiger partial charge in [-0.2, -0.15) is 0 Å². The minimum Gasteiger partial charge on any atom is -0.492 e. The monoisotopic (exact) mass is 343 g/mol. The highest BCUT2D eigenvalue weighted by Crippen LogP contribution is 2.17. The average Bonchev–Trinajstić information content (AvgIpc) is 2.60. The van der Waals surface area contributed by atoms with Crippen LogP contribution in [0.4, 0.5) is 0 Å². The van der Waals surface area contributed by atoms with E-state index in [1.807, 2.05) is 38.4 Å². The topological polar surface area (TPSA) is 44.8 Å². The summed E-state index contributed by atoms with van der Waals surface area (Å²) in [5.74, 6) is 3.55. The Morgan fingerprint density at radius 1 is 1.44 bits per heavy atom. The second-order valence-corrected chi connectivity index (χ2v) is 6.70. The Kier molecular flexibility index (Phi) is 7.77. The third-order valence-electron chi connectivity index (χ3n) is 4.38. The molecule has 0 spiro atoms. The van der Waals surface area contributed by atoms with Gasteiger partial charge in [0.05, 0.1) is 12.6 Å². The van der Waals surface area contributed by atoms with Crippen molar-refractivity contribution in [2.75, 3.05) is 40.3 Å². The van der Waals surface area contributed by atoms with Gasteiger partial charge in [0.2, 0.25) is 5.91 Å². The van der Waals surface area contributed by atoms with E-state index >= 15 is 0 Å². The standard InChI is InChI=1S/C20H29N3O2/c1-4-11-23-12-6-5-10-19(23)20(24)21-16-17-8-7-9-18(15-17)25-14-13-22(2)3/h1,7-9,15,19H,5-6,10-14,16H2,2-3H3,(H,21,24)/t19-/m1/s1. The molecule has 5 nitrogen and oxygen atoms in total. The Morgan fingerprint density at radius 3 is 3.04 bits per heavy atom. The molecule has 5 heteroatoms. The highest BCUT2D eigenvalue weighted by Gasteiger charge is 2.27. The lowest BCUT2D eigenvalue weighted by Gasteiger charge is -2.33. The van der Waals surface area contributed by atoms with Gasteiger partial charge in [-0.1, -0.05) is 24.5 Å². The lowest BCUT2D eigenvalue weighted by atomic mass is 10.0. The van der Waals surface area contributed by atoms with Gasteiger partial charge in [0.1, 0.15) is 12.4 Å². The molecule has 1 atom stereocenters. The van der Waals surface area contributed by atoms with Gasteiger partial charge in [-0.05, 0) is 51.2 Å². The summed E-state index contributed by atoms with van der Waals surface area (Å²) in [7, 11) is 4.04. The van der Waals surface area contributed by atoms with Gasteiger partial charge in [-0.25, -0.2) is 0 Å². The molecule has 136 valence electrons. The summed E-state index contributed by atoms with van der Waals surface area (Å²) in [5.41, 5.74) is 1.04. The van der Waals surface area contributed by atoms with Gasteiger partial charge in [-0.15, -0.1) is 6.42 Å². The number of rotatable bonds is 8. The number of piperidine rings is 1. The van der Waals surface area contributed by atoms with E-state index in [2.05, 4.69) is 21.0 Å². The van der Waals surface area contributed by atoms with Crippen molar-refractivity contribution >= 4 is 5.91 Å². The largest absolute Gasteiger partial charge is 0.492 e. The molecule has 0 saturated carbocycles. The van der Waals surface area contributed by atoms with E-state index < -0.39 is 0 Å². The van der Waals surface area contributed by atoms with E-state index in [-0.39, 0.29) is 11.9 Å². The summed E-state index contributed by atoms with van der Waals surface area (Å²) in [6, 6.07) is 7.77. The van der Waals surface area contributed by atoms with E-state index in [1.54, 1.807) is 0 Å². The molecule has 0 bridgehead atoms. The normalized spacial score (nSPS) is 17.9. The van der Waals surface area contributed by atoms with Crippen molar-refractivity contribution in [1.82, 2.24) is 15.1 Å². The number of ether oxygens (including phenoxy) is 1. The number of benzene rings is 1. The Hall–Kier alpha value is -2.03. The van der Waals surface area contributed by atoms with Crippen molar-refractivity contribution in [3.63, 3.8) is 0 Å². The van der Waals surface area contributed by atoms with Crippen LogP contribution in [0.25, 0.3) is 0 Å². The zero-order valence-electron chi connectivity index (χ0n) is 15.3. The maximum atomic E-state index is 12.5. The number of hydrogen-bond acceptors (Lipinski definition) is 4. The molecule has 0 aromatic heterocycles. The lowest BCUT2D eigenvalue weighted by Crippen LogP contribution is -2.49. The molecule has 0 unspecified atom stereocenters. The van der Waals surface area contributed by atoms with E-state index in [4.69, 9.17) is 11.2 Å². The Labute approximate surface area is 151 Å². The number of nitrogens with one attached hydrogen (secondary N) is 1. The van der Waals surface area contributed by atoms with E-state index in [9.17, 15) is 4.79 Å². The zero-order valence-corrected chi connectivity index (χ0v) is 15.3. The molecule has 0 radical (unpaired) electrons. The third kappa shape index (κ3) is 6.41. The molecule has 1 aliphatic heterocycles. The number of hydrogen-bond donors (Lipinski definition) is 1. The van der Waals surface area contributed by atoms with Gasteiger partial charge >= 0.3 is 0 Å². The van der Waals surface area contributed by atoms with Gasteiger partial charge < -0.3 is 15.0 Å². The molecular formula is C20H29N3O2. The first-order valence-corrected chi connectivity index (χ1v) is 8.92. The van der Waals surface area contributed by atoms with Gasteiger partial charge in [0.15, 0.2) is 0 Å². The molecule has 1 amide bonds. The maximum absolute atomic E-state index is 12.5. The van der Waals surface area contributed by atoms with Crippen molar-refractivity contribution in [3.05, 3.63) is 29.8 Å². The lowest BCUT2D eigenvalue weighted by molar-refractivity contribution is -0.127. The molecule has 2 rings (SSSR count). The molecule has 0 aliphatic carbocycles. The fourth-order valence-electron chi connectivity index (χ4n) is 2.99. The summed E-state index contributed by atoms with van der Waals surface area (Å²) < 4.78 is 5.74. The number of likely N-dealkylation sites (N-methyl/N-ethyl adjacent to an activating group) is 1. The summed E-state index contributed by atoms with van der Waals surface area (Å²) in [6.07, 6.45) is 8.48. The highest BCUT2D eigenvalue weighted by molar-refractivity contribution is 5.81. The first-order chi connectivity index (χ1) is 12.1. The highest BCUT2D eigenvalue weighted by atomic mass is 16.5. The van der Waals surface area contributed by atoms with Crippen LogP contribution in [0.3, 0.4) is 0 Å². The van der Waals surface area contributed by atoms with Gasteiger partial charge in [0.25, 0.3) is 0 Å². The van der Waals surface area contributed by atoms with E-state index in [1.165, 1.54) is 0 Å². The van der Waals surface area contributed by atoms with Gasteiger partial charge in [-0.3, -0.25) is 9.69 Å². The number of carbonyl (C=O) groups excluding carboxylic acids is 1. The van der Waals surface area contributed by atoms with Crippen molar-refractivity contribution in [2.45, 2.75) is 31.8 Å². The van der Waals surface area contributed by atoms with E-state index in [0.717, 1.165) is 43.7 Å². The molecule has 1 saturated heterocycles. The number of amides is 1. The van der Waals surface area contributed by atoms with Crippen LogP contribution in [0.5, 0.6) is 5.75 Å². The molecule has 1 fully saturated rings. The SMILES string of the molecule is C#CCN1CCCC[C@@H]1C(=O)NCc1cccc(OCCN(C)C)c1. The van der Waals surface area contributed by atoms with Gasteiger partial charge in [0, 0.05) is 13.1 Å². The summed E-state index contributed by atoms with van der Waals surface area (Å²) >= 11 is 0. The second kappa shape index (κ2) is 10.1. The van der Waals surface area contributed by atoms with Crippen molar-refractivity contribution in [2.24, 2.45) is 0 Å². The predicted molar refractivity (Wildman–Crippen MR) is 100 cm³/mol. The zero-order chi connectivity index (χ0) is 18.1. The fraction of sp³-hybridized carbons (Fsp3) is 0.550. The quantitative estimate of drug-likeness (QED) is 0.730. The number of carbonyl (C=O) groups is 1. The van der Waals surface area contributed by atoms with E-state index in [0.29, 0.717) is 19.7 Å². The Morgan fingerprint density at radius 2 is 2.28 bits per heavy atom. The maximum Gasteiger partial charge on any atom is 0.237 e. The minimum atomic E-state index is -0.107. The third-order valence-corrected chi connectivity index (χ3v) is 4.38. The van der Waals surface area contributed by atoms with Crippen LogP contribution >= 0.6 is 0 Å². The first kappa shape index (κ1) is 19.3. The minimum absolute atomic E-state index is 0.0638. The second-order valence-electron chi connectivity index (χ2n) is 6.70. The van der Waals surface area contributed by atoms with Crippen LogP contribution in [-0.4, -0.2) is 62.1 Å². The number of terminal acetylenes is 1. The van der Waals surface area contributed by atoms with Crippen LogP contribution in [0, 0.1) is 12.3 Å². The van der Waals surface area contributed by atoms with Crippen LogP contribution in [0.15, 0.2) is 24.3 Å². The molecular weight excluding hydrogens is 314 g/mol. The van der Waals surface area contributed by atoms with Crippen LogP contribution < -0.4 is 10.1 Å². The number of likely N-dealkylation sites (tertiary alicyclic amines) is 1. The molecule has 1 aromatic rings. The Balaban J connectivity index is 1.85. The van der Waals surface area contributed by atoms with Crippen LogP contribution in [0.2, 0.25) is 0 Å². The number of nitrogens with zero attached hydrogens (tertiary/aromatic N) is 2. The summed E-state index contributed by atoms with van der Waals surface area (Å²) in [6.45, 7) is 3.45. The van der Waals surface area contributed by atoms with Crippen molar-refractivity contribution in [1.29, 1.82) is 0 Å². The smallest absolute Gasteiger partial charge is 0.237 e. The van der Waals surface area contributed by atoms with Crippen LogP contribution in [0.1, 0.15) is 24.8 Å². The predicted octanol–water partition coefficient (Wildman–Crippen LogP) is 1.73. The van der Waals surface area contributed by atoms with Crippen molar-refractivity contribution < 1.29 is 9.53 Å². The first-order valence-electron chi connectivity index (χ1n) is 8.92. The Bertz CT molecular complexity index is 595. The molecule has 1 aliphatic rings. The summed E-state index contributed by atoms with van der Waals surface area (Å²) in [5, 5.41) is 3.05. The van der Waals surface area contributed by atoms with Crippen molar-refractivity contribution in [3.8, 4) is 18.1 Å². The summed E-state index contributed by atoms with van der Waals surface area (Å²) in [4.78, 5) is 16.7.